The van der Waals surface area contributed by atoms with Gasteiger partial charge in [0.05, 0.1) is 24.3 Å². The highest BCUT2D eigenvalue weighted by atomic mass is 35.5. The summed E-state index contributed by atoms with van der Waals surface area (Å²) in [5.41, 5.74) is 0. The number of aliphatic hydroxyl groups excluding tert-OH is 2. The number of carbonyl (C=O) groups is 4. The molecule has 0 heterocycles. The number of ether oxygens (including phenoxy) is 2. The van der Waals surface area contributed by atoms with E-state index < -0.39 is 68.4 Å². The summed E-state index contributed by atoms with van der Waals surface area (Å²) in [6.45, 7) is 0. The van der Waals surface area contributed by atoms with Crippen LogP contribution in [0.15, 0.2) is 21.6 Å². The molecule has 0 aromatic heterocycles. The van der Waals surface area contributed by atoms with E-state index in [4.69, 9.17) is 46.4 Å². The molecule has 3 rings (SSSR count). The molecule has 3 aliphatic carbocycles. The van der Waals surface area contributed by atoms with Crippen molar-refractivity contribution in [3.63, 3.8) is 0 Å². The number of fused-ring (bicyclic) bond motifs is 3. The van der Waals surface area contributed by atoms with Crippen molar-refractivity contribution >= 4 is 69.9 Å². The van der Waals surface area contributed by atoms with Gasteiger partial charge in [-0.05, 0) is 6.42 Å². The van der Waals surface area contributed by atoms with Gasteiger partial charge in [-0.25, -0.2) is 9.59 Å². The first kappa shape index (κ1) is 22.2. The number of hydrogen-bond acceptors (Lipinski definition) is 8. The van der Waals surface area contributed by atoms with E-state index in [0.717, 1.165) is 14.2 Å². The number of alkyl halides is 2. The van der Waals surface area contributed by atoms with Gasteiger partial charge >= 0.3 is 11.9 Å². The Morgan fingerprint density at radius 2 is 1.17 bits per heavy atom. The normalized spacial score (nSPS) is 39.2. The van der Waals surface area contributed by atoms with Gasteiger partial charge in [-0.3, -0.25) is 9.59 Å². The fraction of sp³-hybridized carbons (Fsp3) is 0.529. The molecule has 0 aliphatic heterocycles. The minimum atomic E-state index is -2.54. The molecule has 8 nitrogen and oxygen atoms in total. The highest BCUT2D eigenvalue weighted by molar-refractivity contribution is 6.52. The Morgan fingerprint density at radius 3 is 1.45 bits per heavy atom. The first-order chi connectivity index (χ1) is 13.4. The van der Waals surface area contributed by atoms with Crippen molar-refractivity contribution in [1.82, 2.24) is 0 Å². The lowest BCUT2D eigenvalue weighted by molar-refractivity contribution is -0.157. The molecule has 0 aromatic carbocycles. The average molecular weight is 488 g/mol. The van der Waals surface area contributed by atoms with E-state index in [9.17, 15) is 29.4 Å². The molecule has 6 atom stereocenters. The number of carbonyl (C=O) groups excluding carboxylic acids is 4. The van der Waals surface area contributed by atoms with E-state index in [1.54, 1.807) is 0 Å². The average Bonchev–Trinajstić information content (AvgIpc) is 3.13. The number of aliphatic hydroxyl groups is 2. The van der Waals surface area contributed by atoms with E-state index in [1.165, 1.54) is 0 Å². The van der Waals surface area contributed by atoms with Crippen LogP contribution in [0.3, 0.4) is 0 Å². The quantitative estimate of drug-likeness (QED) is 0.345. The van der Waals surface area contributed by atoms with Crippen molar-refractivity contribution in [3.8, 4) is 0 Å². The zero-order chi connectivity index (χ0) is 22.0. The molecule has 12 heteroatoms. The van der Waals surface area contributed by atoms with Crippen molar-refractivity contribution in [1.29, 1.82) is 0 Å². The van der Waals surface area contributed by atoms with E-state index in [1.807, 2.05) is 0 Å². The van der Waals surface area contributed by atoms with E-state index >= 15 is 0 Å². The highest BCUT2D eigenvalue weighted by Crippen LogP contribution is 2.64. The Labute approximate surface area is 184 Å². The van der Waals surface area contributed by atoms with Gasteiger partial charge in [0, 0.05) is 23.7 Å². The van der Waals surface area contributed by atoms with Crippen LogP contribution in [0.2, 0.25) is 0 Å². The summed E-state index contributed by atoms with van der Waals surface area (Å²) in [5.74, 6) is -11.6. The van der Waals surface area contributed by atoms with Crippen LogP contribution in [0.5, 0.6) is 0 Å². The topological polar surface area (TPSA) is 127 Å². The number of halogens is 4. The predicted molar refractivity (Wildman–Crippen MR) is 101 cm³/mol. The maximum Gasteiger partial charge on any atom is 0.335 e. The summed E-state index contributed by atoms with van der Waals surface area (Å²) in [7, 11) is 1.94. The molecule has 0 amide bonds. The van der Waals surface area contributed by atoms with Gasteiger partial charge in [-0.15, -0.1) is 0 Å². The Kier molecular flexibility index (Phi) is 5.39. The molecule has 2 N–H and O–H groups in total. The first-order valence-corrected chi connectivity index (χ1v) is 9.73. The lowest BCUT2D eigenvalue weighted by atomic mass is 9.64. The van der Waals surface area contributed by atoms with Crippen molar-refractivity contribution in [3.05, 3.63) is 21.6 Å². The Hall–Kier alpha value is -1.48. The van der Waals surface area contributed by atoms with Crippen LogP contribution in [-0.4, -0.2) is 57.7 Å². The van der Waals surface area contributed by atoms with Crippen LogP contribution in [0, 0.1) is 23.7 Å². The molecular weight excluding hydrogens is 474 g/mol. The zero-order valence-corrected chi connectivity index (χ0v) is 17.9. The van der Waals surface area contributed by atoms with Crippen LogP contribution in [0.1, 0.15) is 6.42 Å². The molecule has 0 saturated heterocycles. The second kappa shape index (κ2) is 7.04. The first-order valence-electron chi connectivity index (χ1n) is 8.22. The van der Waals surface area contributed by atoms with Crippen LogP contribution < -0.4 is 0 Å². The van der Waals surface area contributed by atoms with Crippen molar-refractivity contribution in [2.45, 2.75) is 16.2 Å². The molecule has 0 spiro atoms. The number of esters is 2. The van der Waals surface area contributed by atoms with E-state index in [2.05, 4.69) is 9.47 Å². The second-order valence-corrected chi connectivity index (χ2v) is 8.97. The highest BCUT2D eigenvalue weighted by Gasteiger charge is 2.74. The van der Waals surface area contributed by atoms with Crippen LogP contribution in [-0.2, 0) is 28.7 Å². The lowest BCUT2D eigenvalue weighted by Crippen LogP contribution is -2.62. The number of methoxy groups -OCH3 is 2. The number of Topliss-reactive ketones (excluding diaryl/α,β-unsaturated/α-hetero) is 2. The number of ketones is 2. The Bertz CT molecular complexity index is 839. The Morgan fingerprint density at radius 1 is 0.862 bits per heavy atom. The van der Waals surface area contributed by atoms with Crippen molar-refractivity contribution in [2.24, 2.45) is 23.7 Å². The van der Waals surface area contributed by atoms with Crippen LogP contribution in [0.25, 0.3) is 0 Å². The maximum absolute atomic E-state index is 12.8. The van der Waals surface area contributed by atoms with Gasteiger partial charge in [-0.1, -0.05) is 46.4 Å². The predicted octanol–water partition coefficient (Wildman–Crippen LogP) is 2.34. The number of allylic oxidation sites excluding steroid dienone is 4. The van der Waals surface area contributed by atoms with Gasteiger partial charge in [0.15, 0.2) is 11.5 Å². The van der Waals surface area contributed by atoms with Gasteiger partial charge in [0.1, 0.15) is 0 Å². The maximum atomic E-state index is 12.8. The van der Waals surface area contributed by atoms with E-state index in [0.29, 0.717) is 0 Å². The second-order valence-electron chi connectivity index (χ2n) is 6.96. The SMILES string of the molecule is COC(=O)[C@]1(Cl)C(=O)C(O)=C(Cl)[C@H]2C[C@@H]3C(Cl)=C(O)C(=O)[C@@](Cl)(C(=O)OC)[C@@H]3[C@H]21. The lowest BCUT2D eigenvalue weighted by Gasteiger charge is -2.45. The third-order valence-corrected chi connectivity index (χ3v) is 7.91. The molecule has 3 aliphatic rings. The summed E-state index contributed by atoms with van der Waals surface area (Å²) in [4.78, 5) is 45.6. The summed E-state index contributed by atoms with van der Waals surface area (Å²) < 4.78 is 9.31. The molecule has 29 heavy (non-hydrogen) atoms. The fourth-order valence-electron chi connectivity index (χ4n) is 4.61. The molecule has 0 unspecified atom stereocenters. The smallest absolute Gasteiger partial charge is 0.335 e. The number of hydrogen-bond donors (Lipinski definition) is 2. The molecule has 0 aromatic rings. The van der Waals surface area contributed by atoms with Gasteiger partial charge < -0.3 is 19.7 Å². The fourth-order valence-corrected chi connectivity index (χ4v) is 6.14. The third kappa shape index (κ3) is 2.59. The molecule has 0 bridgehead atoms. The van der Waals surface area contributed by atoms with Crippen LogP contribution in [0.4, 0.5) is 0 Å². The zero-order valence-electron chi connectivity index (χ0n) is 14.9. The molecule has 158 valence electrons. The molecular formula is C17H14Cl4O8. The minimum absolute atomic E-state index is 0.0708. The van der Waals surface area contributed by atoms with Gasteiger partial charge in [0.25, 0.3) is 0 Å². The minimum Gasteiger partial charge on any atom is -0.503 e. The van der Waals surface area contributed by atoms with Crippen LogP contribution >= 0.6 is 46.4 Å². The summed E-state index contributed by atoms with van der Waals surface area (Å²) in [6, 6.07) is 0. The van der Waals surface area contributed by atoms with Crippen molar-refractivity contribution < 1.29 is 38.9 Å². The Balaban J connectivity index is 2.35. The monoisotopic (exact) mass is 486 g/mol. The van der Waals surface area contributed by atoms with Gasteiger partial charge in [-0.2, -0.15) is 0 Å². The van der Waals surface area contributed by atoms with E-state index in [-0.39, 0.29) is 16.5 Å². The molecule has 1 fully saturated rings. The third-order valence-electron chi connectivity index (χ3n) is 5.84. The summed E-state index contributed by atoms with van der Waals surface area (Å²) in [5, 5.41) is 19.7. The largest absolute Gasteiger partial charge is 0.503 e. The summed E-state index contributed by atoms with van der Waals surface area (Å²) >= 11 is 25.2. The standard InChI is InChI=1S/C17H14Cl4O8/c1-28-14(26)16(20)6-4(8(18)10(22)12(16)24)3-5-7(6)17(21,15(27)29-2)13(25)11(23)9(5)19/h4-7,22-23H,3H2,1-2H3/t4-,5-,6-,7-,16+,17+/m0/s1. The molecule has 1 saturated carbocycles. The number of rotatable bonds is 2. The summed E-state index contributed by atoms with van der Waals surface area (Å²) in [6.07, 6.45) is -0.0708. The van der Waals surface area contributed by atoms with Crippen molar-refractivity contribution in [2.75, 3.05) is 14.2 Å². The van der Waals surface area contributed by atoms with Gasteiger partial charge in [0.2, 0.25) is 21.3 Å². The molecule has 0 radical (unpaired) electrons.